The molecule has 0 aliphatic heterocycles. The lowest BCUT2D eigenvalue weighted by molar-refractivity contribution is -0.152. The Morgan fingerprint density at radius 1 is 0.758 bits per heavy atom. The number of carbonyl (C=O) groups excluding carboxylic acids is 1. The van der Waals surface area contributed by atoms with Gasteiger partial charge < -0.3 is 36.0 Å². The molecule has 11 heteroatoms. The zero-order valence-electron chi connectivity index (χ0n) is 20.0. The van der Waals surface area contributed by atoms with Crippen LogP contribution in [0.5, 0.6) is 0 Å². The van der Waals surface area contributed by atoms with Gasteiger partial charge in [-0.1, -0.05) is 20.8 Å². The van der Waals surface area contributed by atoms with Crippen molar-refractivity contribution in [3.63, 3.8) is 0 Å². The van der Waals surface area contributed by atoms with Crippen molar-refractivity contribution in [3.8, 4) is 0 Å². The van der Waals surface area contributed by atoms with Gasteiger partial charge in [-0.05, 0) is 58.3 Å². The van der Waals surface area contributed by atoms with E-state index in [1.54, 1.807) is 0 Å². The van der Waals surface area contributed by atoms with Gasteiger partial charge >= 0.3 is 23.9 Å². The summed E-state index contributed by atoms with van der Waals surface area (Å²) in [5.41, 5.74) is -0.0617. The second-order valence-corrected chi connectivity index (χ2v) is 8.17. The number of aliphatic carboxylic acids is 3. The standard InChI is InChI=1S/C22H41N3O8/c1-4-22(5-2,6-3)15-33-19(28)14-17(21(31)32)25-12-8-10-23-9-7-11-24-16(20(29)30)13-18(26)27/h16-17,23-25H,4-15H2,1-3H3,(H,26,27)(H,29,30)(H,31,32). The molecule has 6 N–H and O–H groups in total. The first-order valence-electron chi connectivity index (χ1n) is 11.6. The van der Waals surface area contributed by atoms with E-state index in [2.05, 4.69) is 36.7 Å². The van der Waals surface area contributed by atoms with Crippen LogP contribution >= 0.6 is 0 Å². The van der Waals surface area contributed by atoms with Crippen molar-refractivity contribution >= 4 is 23.9 Å². The van der Waals surface area contributed by atoms with Crippen LogP contribution in [0.25, 0.3) is 0 Å². The minimum atomic E-state index is -1.20. The van der Waals surface area contributed by atoms with Crippen LogP contribution in [0.3, 0.4) is 0 Å². The molecule has 0 saturated heterocycles. The zero-order chi connectivity index (χ0) is 25.3. The highest BCUT2D eigenvalue weighted by molar-refractivity contribution is 5.81. The molecule has 0 heterocycles. The van der Waals surface area contributed by atoms with Gasteiger partial charge in [0.2, 0.25) is 0 Å². The quantitative estimate of drug-likeness (QED) is 0.103. The molecule has 0 aromatic carbocycles. The Bertz CT molecular complexity index is 602. The van der Waals surface area contributed by atoms with E-state index in [-0.39, 0.29) is 11.8 Å². The first kappa shape index (κ1) is 30.8. The fraction of sp³-hybridized carbons (Fsp3) is 0.818. The van der Waals surface area contributed by atoms with Crippen LogP contribution in [0.15, 0.2) is 0 Å². The third-order valence-corrected chi connectivity index (χ3v) is 5.98. The highest BCUT2D eigenvalue weighted by Crippen LogP contribution is 2.30. The van der Waals surface area contributed by atoms with Crippen LogP contribution < -0.4 is 16.0 Å². The third kappa shape index (κ3) is 13.8. The normalized spacial score (nSPS) is 13.3. The second-order valence-electron chi connectivity index (χ2n) is 8.17. The molecule has 0 fully saturated rings. The fourth-order valence-electron chi connectivity index (χ4n) is 3.29. The summed E-state index contributed by atoms with van der Waals surface area (Å²) in [5.74, 6) is -4.01. The minimum Gasteiger partial charge on any atom is -0.481 e. The monoisotopic (exact) mass is 475 g/mol. The van der Waals surface area contributed by atoms with Crippen molar-refractivity contribution in [3.05, 3.63) is 0 Å². The summed E-state index contributed by atoms with van der Waals surface area (Å²) >= 11 is 0. The molecule has 0 spiro atoms. The second kappa shape index (κ2) is 17.3. The molecule has 11 nitrogen and oxygen atoms in total. The van der Waals surface area contributed by atoms with Gasteiger partial charge in [0.15, 0.2) is 0 Å². The number of carbonyl (C=O) groups is 4. The van der Waals surface area contributed by atoms with Crippen LogP contribution in [0.2, 0.25) is 0 Å². The minimum absolute atomic E-state index is 0.0617. The topological polar surface area (TPSA) is 174 Å². The van der Waals surface area contributed by atoms with Crippen molar-refractivity contribution in [2.45, 2.75) is 77.8 Å². The van der Waals surface area contributed by atoms with Crippen molar-refractivity contribution in [2.24, 2.45) is 5.41 Å². The molecule has 33 heavy (non-hydrogen) atoms. The zero-order valence-corrected chi connectivity index (χ0v) is 20.0. The Labute approximate surface area is 195 Å². The fourth-order valence-corrected chi connectivity index (χ4v) is 3.29. The summed E-state index contributed by atoms with van der Waals surface area (Å²) in [6.07, 6.45) is 3.19. The van der Waals surface area contributed by atoms with Crippen LogP contribution in [-0.4, -0.2) is 84.1 Å². The smallest absolute Gasteiger partial charge is 0.321 e. The summed E-state index contributed by atoms with van der Waals surface area (Å²) in [6.45, 7) is 8.41. The molecule has 2 atom stereocenters. The maximum Gasteiger partial charge on any atom is 0.321 e. The maximum atomic E-state index is 12.1. The number of hydrogen-bond acceptors (Lipinski definition) is 8. The molecule has 0 amide bonds. The summed E-state index contributed by atoms with van der Waals surface area (Å²) in [6, 6.07) is -2.13. The highest BCUT2D eigenvalue weighted by Gasteiger charge is 2.27. The Kier molecular flexibility index (Phi) is 16.1. The molecule has 2 unspecified atom stereocenters. The average Bonchev–Trinajstić information content (AvgIpc) is 2.77. The van der Waals surface area contributed by atoms with E-state index < -0.39 is 42.4 Å². The average molecular weight is 476 g/mol. The molecule has 0 radical (unpaired) electrons. The van der Waals surface area contributed by atoms with E-state index >= 15 is 0 Å². The van der Waals surface area contributed by atoms with E-state index in [9.17, 15) is 24.3 Å². The third-order valence-electron chi connectivity index (χ3n) is 5.98. The number of hydrogen-bond donors (Lipinski definition) is 6. The molecule has 0 saturated carbocycles. The summed E-state index contributed by atoms with van der Waals surface area (Å²) in [4.78, 5) is 45.1. The van der Waals surface area contributed by atoms with E-state index in [1.165, 1.54) is 0 Å². The Morgan fingerprint density at radius 3 is 1.61 bits per heavy atom. The molecule has 192 valence electrons. The number of esters is 1. The number of carboxylic acids is 3. The Balaban J connectivity index is 4.07. The molecule has 0 aliphatic carbocycles. The van der Waals surface area contributed by atoms with Crippen molar-refractivity contribution in [1.29, 1.82) is 0 Å². The van der Waals surface area contributed by atoms with Crippen LogP contribution in [0.4, 0.5) is 0 Å². The van der Waals surface area contributed by atoms with E-state index in [0.717, 1.165) is 19.3 Å². The lowest BCUT2D eigenvalue weighted by Crippen LogP contribution is -2.41. The largest absolute Gasteiger partial charge is 0.481 e. The number of rotatable bonds is 21. The van der Waals surface area contributed by atoms with E-state index in [0.29, 0.717) is 45.6 Å². The molecule has 0 bridgehead atoms. The summed E-state index contributed by atoms with van der Waals surface area (Å²) in [7, 11) is 0. The number of carboxylic acid groups (broad SMARTS) is 3. The SMILES string of the molecule is CCC(CC)(CC)COC(=O)CC(NCCCNCCCNC(CC(=O)O)C(=O)O)C(=O)O. The first-order valence-corrected chi connectivity index (χ1v) is 11.6. The van der Waals surface area contributed by atoms with Gasteiger partial charge in [-0.3, -0.25) is 19.2 Å². The van der Waals surface area contributed by atoms with Crippen LogP contribution in [-0.2, 0) is 23.9 Å². The van der Waals surface area contributed by atoms with Gasteiger partial charge in [-0.2, -0.15) is 0 Å². The van der Waals surface area contributed by atoms with Crippen molar-refractivity contribution < 1.29 is 39.2 Å². The lowest BCUT2D eigenvalue weighted by Gasteiger charge is -2.29. The molecule has 0 aromatic rings. The van der Waals surface area contributed by atoms with Crippen molar-refractivity contribution in [1.82, 2.24) is 16.0 Å². The van der Waals surface area contributed by atoms with Gasteiger partial charge in [0.1, 0.15) is 12.1 Å². The molecule has 0 rings (SSSR count). The van der Waals surface area contributed by atoms with Crippen molar-refractivity contribution in [2.75, 3.05) is 32.8 Å². The molecular formula is C22H41N3O8. The highest BCUT2D eigenvalue weighted by atomic mass is 16.5. The van der Waals surface area contributed by atoms with E-state index in [4.69, 9.17) is 14.9 Å². The Hall–Kier alpha value is -2.24. The number of nitrogens with one attached hydrogen (secondary N) is 3. The molecule has 0 aliphatic rings. The molecular weight excluding hydrogens is 434 g/mol. The predicted molar refractivity (Wildman–Crippen MR) is 122 cm³/mol. The van der Waals surface area contributed by atoms with Gasteiger partial charge in [0, 0.05) is 5.41 Å². The van der Waals surface area contributed by atoms with Gasteiger partial charge in [-0.15, -0.1) is 0 Å². The maximum absolute atomic E-state index is 12.1. The van der Waals surface area contributed by atoms with Crippen LogP contribution in [0.1, 0.15) is 65.7 Å². The lowest BCUT2D eigenvalue weighted by atomic mass is 9.81. The Morgan fingerprint density at radius 2 is 1.21 bits per heavy atom. The predicted octanol–water partition coefficient (Wildman–Crippen LogP) is 1.07. The van der Waals surface area contributed by atoms with Crippen LogP contribution in [0, 0.1) is 5.41 Å². The number of ether oxygens (including phenoxy) is 1. The van der Waals surface area contributed by atoms with E-state index in [1.807, 2.05) is 0 Å². The van der Waals surface area contributed by atoms with Gasteiger partial charge in [0.25, 0.3) is 0 Å². The van der Waals surface area contributed by atoms with Gasteiger partial charge in [-0.25, -0.2) is 0 Å². The first-order chi connectivity index (χ1) is 15.6. The summed E-state index contributed by atoms with van der Waals surface area (Å²) < 4.78 is 5.37. The molecule has 0 aromatic heterocycles. The summed E-state index contributed by atoms with van der Waals surface area (Å²) in [5, 5.41) is 35.7. The van der Waals surface area contributed by atoms with Gasteiger partial charge in [0.05, 0.1) is 19.4 Å².